The summed E-state index contributed by atoms with van der Waals surface area (Å²) in [5, 5.41) is 0. The van der Waals surface area contributed by atoms with Gasteiger partial charge in [0.1, 0.15) is 0 Å². The monoisotopic (exact) mass is 269 g/mol. The molecule has 0 radical (unpaired) electrons. The number of aryl methyl sites for hydroxylation is 2. The van der Waals surface area contributed by atoms with Gasteiger partial charge in [-0.05, 0) is 25.0 Å². The maximum Gasteiger partial charge on any atom is 0.0222 e. The zero-order valence-electron chi connectivity index (χ0n) is 12.9. The van der Waals surface area contributed by atoms with Crippen LogP contribution in [0.2, 0.25) is 0 Å². The standard InChI is InChI=1S/C17H31N.FH/c1-3-5-6-7-8-9-10-11-12-15-18-16-13-14-17(18)4-2;/h13-14,16H,3-12,15H2,1-2H3;1H. The molecule has 112 valence electrons. The Morgan fingerprint density at radius 3 is 2.00 bits per heavy atom. The van der Waals surface area contributed by atoms with E-state index in [1.165, 1.54) is 70.0 Å². The van der Waals surface area contributed by atoms with Gasteiger partial charge in [0, 0.05) is 18.4 Å². The van der Waals surface area contributed by atoms with E-state index in [0.29, 0.717) is 0 Å². The smallest absolute Gasteiger partial charge is 0.0222 e. The number of rotatable bonds is 11. The van der Waals surface area contributed by atoms with Crippen molar-refractivity contribution >= 4 is 0 Å². The number of hydrogen-bond donors (Lipinski definition) is 0. The van der Waals surface area contributed by atoms with Crippen molar-refractivity contribution in [3.05, 3.63) is 24.0 Å². The minimum atomic E-state index is 0. The molecule has 1 aromatic heterocycles. The molecule has 2 heteroatoms. The summed E-state index contributed by atoms with van der Waals surface area (Å²) < 4.78 is 2.42. The fourth-order valence-corrected chi connectivity index (χ4v) is 2.58. The van der Waals surface area contributed by atoms with Crippen molar-refractivity contribution in [1.82, 2.24) is 4.57 Å². The summed E-state index contributed by atoms with van der Waals surface area (Å²) in [5.41, 5.74) is 1.48. The Morgan fingerprint density at radius 2 is 1.42 bits per heavy atom. The fraction of sp³-hybridized carbons (Fsp3) is 0.765. The molecule has 0 aromatic carbocycles. The largest absolute Gasteiger partial charge is 0.351 e. The highest BCUT2D eigenvalue weighted by atomic mass is 19.0. The number of nitrogens with zero attached hydrogens (tertiary/aromatic N) is 1. The van der Waals surface area contributed by atoms with E-state index in [9.17, 15) is 0 Å². The van der Waals surface area contributed by atoms with Crippen LogP contribution in [0.5, 0.6) is 0 Å². The molecule has 1 nitrogen and oxygen atoms in total. The van der Waals surface area contributed by atoms with Crippen LogP contribution in [-0.4, -0.2) is 4.57 Å². The number of aromatic nitrogens is 1. The lowest BCUT2D eigenvalue weighted by molar-refractivity contribution is 0.534. The summed E-state index contributed by atoms with van der Waals surface area (Å²) in [4.78, 5) is 0. The number of hydrogen-bond acceptors (Lipinski definition) is 0. The summed E-state index contributed by atoms with van der Waals surface area (Å²) in [6.45, 7) is 5.74. The van der Waals surface area contributed by atoms with Crippen LogP contribution in [0.1, 0.15) is 77.3 Å². The molecule has 19 heavy (non-hydrogen) atoms. The third-order valence-corrected chi connectivity index (χ3v) is 3.79. The Morgan fingerprint density at radius 1 is 0.842 bits per heavy atom. The summed E-state index contributed by atoms with van der Waals surface area (Å²) in [7, 11) is 0. The second-order valence-electron chi connectivity index (χ2n) is 5.37. The molecule has 1 rings (SSSR count). The van der Waals surface area contributed by atoms with E-state index in [1.807, 2.05) is 0 Å². The van der Waals surface area contributed by atoms with E-state index >= 15 is 0 Å². The first-order valence-corrected chi connectivity index (χ1v) is 8.02. The topological polar surface area (TPSA) is 4.93 Å². The zero-order chi connectivity index (χ0) is 13.1. The van der Waals surface area contributed by atoms with Gasteiger partial charge in [0.05, 0.1) is 0 Å². The second-order valence-corrected chi connectivity index (χ2v) is 5.37. The predicted molar refractivity (Wildman–Crippen MR) is 83.5 cm³/mol. The second kappa shape index (κ2) is 12.3. The highest BCUT2D eigenvalue weighted by Gasteiger charge is 1.97. The van der Waals surface area contributed by atoms with E-state index in [1.54, 1.807) is 0 Å². The molecule has 0 spiro atoms. The number of unbranched alkanes of at least 4 members (excludes halogenated alkanes) is 8. The van der Waals surface area contributed by atoms with Crippen LogP contribution in [0.3, 0.4) is 0 Å². The normalized spacial score (nSPS) is 10.4. The molecule has 0 N–H and O–H groups in total. The molecule has 0 aliphatic heterocycles. The van der Waals surface area contributed by atoms with Gasteiger partial charge in [-0.2, -0.15) is 0 Å². The fourth-order valence-electron chi connectivity index (χ4n) is 2.58. The summed E-state index contributed by atoms with van der Waals surface area (Å²) in [5.74, 6) is 0. The molecule has 0 bridgehead atoms. The lowest BCUT2D eigenvalue weighted by Gasteiger charge is -2.07. The summed E-state index contributed by atoms with van der Waals surface area (Å²) >= 11 is 0. The van der Waals surface area contributed by atoms with E-state index in [4.69, 9.17) is 0 Å². The third-order valence-electron chi connectivity index (χ3n) is 3.79. The van der Waals surface area contributed by atoms with Gasteiger partial charge in [-0.1, -0.05) is 65.2 Å². The van der Waals surface area contributed by atoms with Crippen molar-refractivity contribution in [2.24, 2.45) is 0 Å². The molecule has 0 aliphatic carbocycles. The van der Waals surface area contributed by atoms with E-state index in [2.05, 4.69) is 36.7 Å². The minimum absolute atomic E-state index is 0. The van der Waals surface area contributed by atoms with E-state index in [-0.39, 0.29) is 4.70 Å². The van der Waals surface area contributed by atoms with E-state index < -0.39 is 0 Å². The van der Waals surface area contributed by atoms with Crippen LogP contribution in [0.4, 0.5) is 4.70 Å². The third kappa shape index (κ3) is 8.07. The van der Waals surface area contributed by atoms with E-state index in [0.717, 1.165) is 6.42 Å². The maximum atomic E-state index is 2.42. The number of halogens is 1. The van der Waals surface area contributed by atoms with Crippen molar-refractivity contribution in [3.8, 4) is 0 Å². The Bertz CT molecular complexity index is 293. The Kier molecular flexibility index (Phi) is 11.7. The van der Waals surface area contributed by atoms with Crippen LogP contribution < -0.4 is 0 Å². The van der Waals surface area contributed by atoms with Gasteiger partial charge in [0.25, 0.3) is 0 Å². The quantitative estimate of drug-likeness (QED) is 0.452. The average molecular weight is 269 g/mol. The molecule has 0 aliphatic rings. The molecule has 1 aromatic rings. The Hall–Kier alpha value is -0.790. The van der Waals surface area contributed by atoms with Crippen LogP contribution in [-0.2, 0) is 13.0 Å². The van der Waals surface area contributed by atoms with Crippen LogP contribution >= 0.6 is 0 Å². The lowest BCUT2D eigenvalue weighted by atomic mass is 10.1. The molecular formula is C17H32FN. The van der Waals surface area contributed by atoms with Crippen molar-refractivity contribution in [2.45, 2.75) is 84.6 Å². The molecule has 0 fully saturated rings. The van der Waals surface area contributed by atoms with Crippen molar-refractivity contribution < 1.29 is 4.70 Å². The minimum Gasteiger partial charge on any atom is -0.351 e. The first-order chi connectivity index (χ1) is 8.88. The molecule has 0 saturated carbocycles. The van der Waals surface area contributed by atoms with Crippen molar-refractivity contribution in [1.29, 1.82) is 0 Å². The molecular weight excluding hydrogens is 237 g/mol. The Balaban J connectivity index is 0.00000324. The van der Waals surface area contributed by atoms with Gasteiger partial charge in [-0.15, -0.1) is 0 Å². The van der Waals surface area contributed by atoms with Crippen LogP contribution in [0, 0.1) is 0 Å². The first-order valence-electron chi connectivity index (χ1n) is 8.02. The van der Waals surface area contributed by atoms with Crippen LogP contribution in [0.15, 0.2) is 18.3 Å². The van der Waals surface area contributed by atoms with Crippen molar-refractivity contribution in [2.75, 3.05) is 0 Å². The van der Waals surface area contributed by atoms with Gasteiger partial charge in [0.2, 0.25) is 0 Å². The van der Waals surface area contributed by atoms with Gasteiger partial charge in [0.15, 0.2) is 0 Å². The average Bonchev–Trinajstić information content (AvgIpc) is 2.84. The highest BCUT2D eigenvalue weighted by molar-refractivity contribution is 5.06. The van der Waals surface area contributed by atoms with Gasteiger partial charge in [-0.3, -0.25) is 4.70 Å². The maximum absolute atomic E-state index is 2.42. The first kappa shape index (κ1) is 18.2. The predicted octanol–water partition coefficient (Wildman–Crippen LogP) is 5.73. The van der Waals surface area contributed by atoms with Gasteiger partial charge < -0.3 is 4.57 Å². The van der Waals surface area contributed by atoms with Crippen LogP contribution in [0.25, 0.3) is 0 Å². The van der Waals surface area contributed by atoms with Crippen molar-refractivity contribution in [3.63, 3.8) is 0 Å². The molecule has 0 saturated heterocycles. The molecule has 0 unspecified atom stereocenters. The SMILES string of the molecule is CCCCCCCCCCCn1cccc1CC.F. The summed E-state index contributed by atoms with van der Waals surface area (Å²) in [6, 6.07) is 4.42. The Labute approximate surface area is 118 Å². The van der Waals surface area contributed by atoms with Gasteiger partial charge >= 0.3 is 0 Å². The molecule has 0 amide bonds. The lowest BCUT2D eigenvalue weighted by Crippen LogP contribution is -2.00. The van der Waals surface area contributed by atoms with Gasteiger partial charge in [-0.25, -0.2) is 0 Å². The molecule has 0 atom stereocenters. The summed E-state index contributed by atoms with van der Waals surface area (Å²) in [6.07, 6.45) is 16.1. The molecule has 1 heterocycles. The zero-order valence-corrected chi connectivity index (χ0v) is 12.9. The highest BCUT2D eigenvalue weighted by Crippen LogP contribution is 2.11.